The molecule has 4 heteroatoms. The number of hydrogen-bond donors (Lipinski definition) is 1. The molecule has 0 atom stereocenters. The molecule has 0 radical (unpaired) electrons. The number of hydrogen-bond acceptors (Lipinski definition) is 2. The van der Waals surface area contributed by atoms with E-state index in [1.54, 1.807) is 25.1 Å². The second-order valence-electron chi connectivity index (χ2n) is 4.27. The van der Waals surface area contributed by atoms with Crippen molar-refractivity contribution in [3.05, 3.63) is 70.3 Å². The molecule has 0 spiro atoms. The smallest absolute Gasteiger partial charge is 0.193 e. The molecule has 19 heavy (non-hydrogen) atoms. The number of aliphatic hydroxyl groups excluding tert-OH is 1. The highest BCUT2D eigenvalue weighted by Gasteiger charge is 2.14. The van der Waals surface area contributed by atoms with E-state index >= 15 is 0 Å². The summed E-state index contributed by atoms with van der Waals surface area (Å²) in [5, 5.41) is 9.00. The van der Waals surface area contributed by atoms with Gasteiger partial charge in [0.15, 0.2) is 17.4 Å². The van der Waals surface area contributed by atoms with Gasteiger partial charge in [0.2, 0.25) is 0 Å². The zero-order valence-corrected chi connectivity index (χ0v) is 10.3. The summed E-state index contributed by atoms with van der Waals surface area (Å²) in [5.74, 6) is -2.40. The van der Waals surface area contributed by atoms with Gasteiger partial charge in [-0.1, -0.05) is 18.2 Å². The third-order valence-electron chi connectivity index (χ3n) is 2.90. The highest BCUT2D eigenvalue weighted by Crippen LogP contribution is 2.17. The summed E-state index contributed by atoms with van der Waals surface area (Å²) in [6.07, 6.45) is 0. The molecule has 0 aliphatic heterocycles. The van der Waals surface area contributed by atoms with Gasteiger partial charge in [-0.25, -0.2) is 8.78 Å². The predicted octanol–water partition coefficient (Wildman–Crippen LogP) is 3.00. The third-order valence-corrected chi connectivity index (χ3v) is 2.90. The number of rotatable bonds is 3. The van der Waals surface area contributed by atoms with Crippen molar-refractivity contribution in [1.29, 1.82) is 0 Å². The van der Waals surface area contributed by atoms with E-state index in [0.717, 1.165) is 12.1 Å². The SMILES string of the molecule is Cc1cc(CO)ccc1C(=O)c1ccc(F)c(F)c1. The normalized spacial score (nSPS) is 10.5. The molecule has 0 amide bonds. The summed E-state index contributed by atoms with van der Waals surface area (Å²) in [5.41, 5.74) is 1.88. The Morgan fingerprint density at radius 1 is 1.11 bits per heavy atom. The molecule has 98 valence electrons. The lowest BCUT2D eigenvalue weighted by molar-refractivity contribution is 0.103. The largest absolute Gasteiger partial charge is 0.392 e. The van der Waals surface area contributed by atoms with Crippen molar-refractivity contribution in [1.82, 2.24) is 0 Å². The molecule has 2 aromatic rings. The molecular formula is C15H12F2O2. The average Bonchev–Trinajstić information content (AvgIpc) is 2.41. The van der Waals surface area contributed by atoms with Gasteiger partial charge in [0, 0.05) is 11.1 Å². The van der Waals surface area contributed by atoms with Crippen molar-refractivity contribution < 1.29 is 18.7 Å². The van der Waals surface area contributed by atoms with Crippen LogP contribution in [0.2, 0.25) is 0 Å². The van der Waals surface area contributed by atoms with Crippen LogP contribution in [0.3, 0.4) is 0 Å². The third kappa shape index (κ3) is 2.69. The van der Waals surface area contributed by atoms with Crippen LogP contribution in [0.4, 0.5) is 8.78 Å². The molecule has 0 heterocycles. The van der Waals surface area contributed by atoms with Crippen molar-refractivity contribution in [2.45, 2.75) is 13.5 Å². The number of aliphatic hydroxyl groups is 1. The Balaban J connectivity index is 2.41. The standard InChI is InChI=1S/C15H12F2O2/c1-9-6-10(8-18)2-4-12(9)15(19)11-3-5-13(16)14(17)7-11/h2-7,18H,8H2,1H3. The van der Waals surface area contributed by atoms with Gasteiger partial charge < -0.3 is 5.11 Å². The van der Waals surface area contributed by atoms with Crippen LogP contribution in [0.5, 0.6) is 0 Å². The van der Waals surface area contributed by atoms with Crippen LogP contribution >= 0.6 is 0 Å². The lowest BCUT2D eigenvalue weighted by atomic mass is 9.97. The Kier molecular flexibility index (Phi) is 3.71. The summed E-state index contributed by atoms with van der Waals surface area (Å²) in [4.78, 5) is 12.2. The second kappa shape index (κ2) is 5.28. The molecule has 2 aromatic carbocycles. The van der Waals surface area contributed by atoms with E-state index in [4.69, 9.17) is 5.11 Å². The fraction of sp³-hybridized carbons (Fsp3) is 0.133. The summed E-state index contributed by atoms with van der Waals surface area (Å²) in [6.45, 7) is 1.62. The molecule has 2 nitrogen and oxygen atoms in total. The van der Waals surface area contributed by atoms with E-state index < -0.39 is 11.6 Å². The fourth-order valence-electron chi connectivity index (χ4n) is 1.87. The van der Waals surface area contributed by atoms with E-state index in [9.17, 15) is 13.6 Å². The number of carbonyl (C=O) groups is 1. The molecule has 1 N–H and O–H groups in total. The van der Waals surface area contributed by atoms with Crippen LogP contribution in [-0.4, -0.2) is 10.9 Å². The number of ketones is 1. The van der Waals surface area contributed by atoms with E-state index in [2.05, 4.69) is 0 Å². The summed E-state index contributed by atoms with van der Waals surface area (Å²) < 4.78 is 25.9. The number of carbonyl (C=O) groups excluding carboxylic acids is 1. The molecule has 2 rings (SSSR count). The quantitative estimate of drug-likeness (QED) is 0.863. The first-order valence-electron chi connectivity index (χ1n) is 5.73. The highest BCUT2D eigenvalue weighted by atomic mass is 19.2. The molecule has 0 saturated heterocycles. The Morgan fingerprint density at radius 3 is 2.42 bits per heavy atom. The minimum Gasteiger partial charge on any atom is -0.392 e. The molecule has 0 saturated carbocycles. The van der Waals surface area contributed by atoms with Gasteiger partial charge in [-0.2, -0.15) is 0 Å². The van der Waals surface area contributed by atoms with Crippen molar-refractivity contribution >= 4 is 5.78 Å². The average molecular weight is 262 g/mol. The van der Waals surface area contributed by atoms with Gasteiger partial charge in [0.1, 0.15) is 0 Å². The lowest BCUT2D eigenvalue weighted by Gasteiger charge is -2.07. The Hall–Kier alpha value is -2.07. The van der Waals surface area contributed by atoms with E-state index in [0.29, 0.717) is 16.7 Å². The first kappa shape index (κ1) is 13.4. The molecule has 0 bridgehead atoms. The van der Waals surface area contributed by atoms with Gasteiger partial charge in [-0.3, -0.25) is 4.79 Å². The first-order chi connectivity index (χ1) is 9.02. The van der Waals surface area contributed by atoms with Crippen molar-refractivity contribution in [3.63, 3.8) is 0 Å². The topological polar surface area (TPSA) is 37.3 Å². The second-order valence-corrected chi connectivity index (χ2v) is 4.27. The van der Waals surface area contributed by atoms with Crippen LogP contribution in [-0.2, 0) is 6.61 Å². The maximum absolute atomic E-state index is 13.1. The molecular weight excluding hydrogens is 250 g/mol. The lowest BCUT2D eigenvalue weighted by Crippen LogP contribution is -2.05. The van der Waals surface area contributed by atoms with Gasteiger partial charge >= 0.3 is 0 Å². The maximum Gasteiger partial charge on any atom is 0.193 e. The minimum absolute atomic E-state index is 0.0961. The minimum atomic E-state index is -1.05. The Morgan fingerprint density at radius 2 is 1.84 bits per heavy atom. The van der Waals surface area contributed by atoms with Crippen LogP contribution in [0.1, 0.15) is 27.0 Å². The number of aryl methyl sites for hydroxylation is 1. The van der Waals surface area contributed by atoms with Crippen LogP contribution in [0.15, 0.2) is 36.4 Å². The molecule has 0 aliphatic rings. The van der Waals surface area contributed by atoms with Gasteiger partial charge in [0.25, 0.3) is 0 Å². The number of halogens is 2. The van der Waals surface area contributed by atoms with E-state index in [1.807, 2.05) is 0 Å². The zero-order valence-electron chi connectivity index (χ0n) is 10.3. The molecule has 0 fully saturated rings. The monoisotopic (exact) mass is 262 g/mol. The predicted molar refractivity (Wildman–Crippen MR) is 66.9 cm³/mol. The van der Waals surface area contributed by atoms with Gasteiger partial charge in [0.05, 0.1) is 6.61 Å². The van der Waals surface area contributed by atoms with Crippen molar-refractivity contribution in [2.24, 2.45) is 0 Å². The fourth-order valence-corrected chi connectivity index (χ4v) is 1.87. The summed E-state index contributed by atoms with van der Waals surface area (Å²) >= 11 is 0. The van der Waals surface area contributed by atoms with Gasteiger partial charge in [-0.15, -0.1) is 0 Å². The van der Waals surface area contributed by atoms with Crippen LogP contribution in [0.25, 0.3) is 0 Å². The van der Waals surface area contributed by atoms with Gasteiger partial charge in [-0.05, 0) is 36.2 Å². The molecule has 0 unspecified atom stereocenters. The highest BCUT2D eigenvalue weighted by molar-refractivity contribution is 6.09. The molecule has 0 aliphatic carbocycles. The summed E-state index contributed by atoms with van der Waals surface area (Å²) in [7, 11) is 0. The van der Waals surface area contributed by atoms with Crippen molar-refractivity contribution in [2.75, 3.05) is 0 Å². The number of benzene rings is 2. The van der Waals surface area contributed by atoms with Crippen molar-refractivity contribution in [3.8, 4) is 0 Å². The van der Waals surface area contributed by atoms with E-state index in [1.165, 1.54) is 6.07 Å². The maximum atomic E-state index is 13.1. The van der Waals surface area contributed by atoms with Crippen LogP contribution in [0, 0.1) is 18.6 Å². The Bertz CT molecular complexity index is 636. The Labute approximate surface area is 109 Å². The first-order valence-corrected chi connectivity index (χ1v) is 5.73. The summed E-state index contributed by atoms with van der Waals surface area (Å²) in [6, 6.07) is 7.95. The van der Waals surface area contributed by atoms with Crippen LogP contribution < -0.4 is 0 Å². The molecule has 0 aromatic heterocycles. The zero-order chi connectivity index (χ0) is 14.0. The van der Waals surface area contributed by atoms with E-state index in [-0.39, 0.29) is 18.0 Å².